The number of hydrogen-bond acceptors (Lipinski definition) is 3. The molecule has 1 heterocycles. The van der Waals surface area contributed by atoms with E-state index in [0.717, 1.165) is 0 Å². The first-order valence-corrected chi connectivity index (χ1v) is 6.26. The summed E-state index contributed by atoms with van der Waals surface area (Å²) in [5.74, 6) is -0.0378. The van der Waals surface area contributed by atoms with Crippen molar-refractivity contribution in [2.75, 3.05) is 7.05 Å². The number of rotatable bonds is 4. The number of carbonyl (C=O) groups excluding carboxylic acids is 1. The molecular formula is C9H11Br2N3O2. The Morgan fingerprint density at radius 2 is 2.25 bits per heavy atom. The molecule has 1 amide bonds. The van der Waals surface area contributed by atoms with E-state index in [4.69, 9.17) is 0 Å². The summed E-state index contributed by atoms with van der Waals surface area (Å²) in [5.41, 5.74) is -0.203. The average Bonchev–Trinajstić information content (AvgIpc) is 2.29. The highest BCUT2D eigenvalue weighted by Gasteiger charge is 2.06. The van der Waals surface area contributed by atoms with Crippen molar-refractivity contribution in [1.29, 1.82) is 0 Å². The summed E-state index contributed by atoms with van der Waals surface area (Å²) in [7, 11) is 1.59. The molecule has 1 N–H and O–H groups in total. The lowest BCUT2D eigenvalue weighted by molar-refractivity contribution is -0.120. The Balaban J connectivity index is 2.65. The highest BCUT2D eigenvalue weighted by molar-refractivity contribution is 9.13. The van der Waals surface area contributed by atoms with Gasteiger partial charge in [-0.3, -0.25) is 9.59 Å². The number of carbonyl (C=O) groups is 1. The Labute approximate surface area is 109 Å². The molecule has 0 aliphatic carbocycles. The maximum Gasteiger partial charge on any atom is 0.282 e. The zero-order chi connectivity index (χ0) is 12.1. The van der Waals surface area contributed by atoms with E-state index in [9.17, 15) is 9.59 Å². The largest absolute Gasteiger partial charge is 0.359 e. The number of nitrogens with one attached hydrogen (secondary N) is 1. The van der Waals surface area contributed by atoms with Gasteiger partial charge in [-0.25, -0.2) is 4.68 Å². The lowest BCUT2D eigenvalue weighted by Crippen LogP contribution is -2.25. The molecule has 0 saturated carbocycles. The minimum absolute atomic E-state index is 0.0378. The van der Waals surface area contributed by atoms with Crippen LogP contribution < -0.4 is 10.9 Å². The van der Waals surface area contributed by atoms with Gasteiger partial charge in [0.2, 0.25) is 5.91 Å². The summed E-state index contributed by atoms with van der Waals surface area (Å²) in [6, 6.07) is 0. The van der Waals surface area contributed by atoms with Crippen molar-refractivity contribution in [3.63, 3.8) is 0 Å². The van der Waals surface area contributed by atoms with Crippen LogP contribution in [0.15, 0.2) is 19.9 Å². The monoisotopic (exact) mass is 351 g/mol. The third kappa shape index (κ3) is 3.41. The Kier molecular flexibility index (Phi) is 5.14. The van der Waals surface area contributed by atoms with E-state index >= 15 is 0 Å². The molecule has 1 aromatic rings. The summed E-state index contributed by atoms with van der Waals surface area (Å²) >= 11 is 6.36. The van der Waals surface area contributed by atoms with E-state index in [1.165, 1.54) is 4.68 Å². The lowest BCUT2D eigenvalue weighted by Gasteiger charge is -2.05. The third-order valence-electron chi connectivity index (χ3n) is 1.99. The van der Waals surface area contributed by atoms with Crippen molar-refractivity contribution in [2.24, 2.45) is 0 Å². The Bertz CT molecular complexity index is 445. The van der Waals surface area contributed by atoms with Crippen molar-refractivity contribution in [1.82, 2.24) is 15.1 Å². The molecule has 0 saturated heterocycles. The summed E-state index contributed by atoms with van der Waals surface area (Å²) < 4.78 is 2.40. The van der Waals surface area contributed by atoms with Crippen LogP contribution in [0.1, 0.15) is 12.8 Å². The zero-order valence-corrected chi connectivity index (χ0v) is 11.8. The standard InChI is InChI=1S/C9H11Br2N3O2/c1-12-7(15)3-2-4-14-9(16)8(11)6(10)5-13-14/h5H,2-4H2,1H3,(H,12,15). The van der Waals surface area contributed by atoms with Crippen molar-refractivity contribution < 1.29 is 4.79 Å². The molecule has 16 heavy (non-hydrogen) atoms. The van der Waals surface area contributed by atoms with Crippen molar-refractivity contribution in [3.05, 3.63) is 25.5 Å². The van der Waals surface area contributed by atoms with Crippen LogP contribution >= 0.6 is 31.9 Å². The molecule has 0 atom stereocenters. The van der Waals surface area contributed by atoms with E-state index in [-0.39, 0.29) is 11.5 Å². The van der Waals surface area contributed by atoms with Gasteiger partial charge in [-0.05, 0) is 38.3 Å². The fourth-order valence-corrected chi connectivity index (χ4v) is 1.69. The van der Waals surface area contributed by atoms with Gasteiger partial charge in [0.15, 0.2) is 0 Å². The van der Waals surface area contributed by atoms with Crippen LogP contribution in [0.5, 0.6) is 0 Å². The highest BCUT2D eigenvalue weighted by atomic mass is 79.9. The van der Waals surface area contributed by atoms with Crippen LogP contribution in [-0.2, 0) is 11.3 Å². The molecule has 0 fully saturated rings. The topological polar surface area (TPSA) is 64.0 Å². The van der Waals surface area contributed by atoms with Crippen LogP contribution in [-0.4, -0.2) is 22.7 Å². The van der Waals surface area contributed by atoms with E-state index in [1.54, 1.807) is 13.2 Å². The van der Waals surface area contributed by atoms with Gasteiger partial charge in [0.05, 0.1) is 10.7 Å². The highest BCUT2D eigenvalue weighted by Crippen LogP contribution is 2.16. The molecule has 0 aliphatic heterocycles. The fraction of sp³-hybridized carbons (Fsp3) is 0.444. The molecule has 1 rings (SSSR count). The minimum atomic E-state index is -0.203. The van der Waals surface area contributed by atoms with E-state index in [0.29, 0.717) is 28.3 Å². The number of halogens is 2. The minimum Gasteiger partial charge on any atom is -0.359 e. The molecule has 0 radical (unpaired) electrons. The normalized spacial score (nSPS) is 10.2. The average molecular weight is 353 g/mol. The first kappa shape index (κ1) is 13.4. The second kappa shape index (κ2) is 6.15. The summed E-state index contributed by atoms with van der Waals surface area (Å²) in [4.78, 5) is 22.6. The molecule has 0 unspecified atom stereocenters. The molecule has 7 heteroatoms. The van der Waals surface area contributed by atoms with Crippen LogP contribution in [0.2, 0.25) is 0 Å². The third-order valence-corrected chi connectivity index (χ3v) is 3.89. The quantitative estimate of drug-likeness (QED) is 0.888. The maximum absolute atomic E-state index is 11.7. The first-order valence-electron chi connectivity index (χ1n) is 4.68. The van der Waals surface area contributed by atoms with Crippen molar-refractivity contribution in [3.8, 4) is 0 Å². The number of aryl methyl sites for hydroxylation is 1. The van der Waals surface area contributed by atoms with Gasteiger partial charge in [-0.1, -0.05) is 0 Å². The van der Waals surface area contributed by atoms with Crippen LogP contribution in [0, 0.1) is 0 Å². The number of aromatic nitrogens is 2. The zero-order valence-electron chi connectivity index (χ0n) is 8.67. The van der Waals surface area contributed by atoms with Gasteiger partial charge in [0.25, 0.3) is 5.56 Å². The molecule has 88 valence electrons. The second-order valence-electron chi connectivity index (χ2n) is 3.11. The van der Waals surface area contributed by atoms with Gasteiger partial charge in [-0.2, -0.15) is 5.10 Å². The molecule has 0 bridgehead atoms. The Morgan fingerprint density at radius 1 is 1.56 bits per heavy atom. The van der Waals surface area contributed by atoms with Crippen molar-refractivity contribution in [2.45, 2.75) is 19.4 Å². The number of hydrogen-bond donors (Lipinski definition) is 1. The molecule has 0 spiro atoms. The first-order chi connectivity index (χ1) is 7.56. The fourth-order valence-electron chi connectivity index (χ4n) is 1.12. The van der Waals surface area contributed by atoms with E-state index in [1.807, 2.05) is 0 Å². The molecule has 1 aromatic heterocycles. The summed E-state index contributed by atoms with van der Waals surface area (Å²) in [6.07, 6.45) is 2.52. The smallest absolute Gasteiger partial charge is 0.282 e. The molecule has 5 nitrogen and oxygen atoms in total. The Morgan fingerprint density at radius 3 is 2.88 bits per heavy atom. The second-order valence-corrected chi connectivity index (χ2v) is 4.76. The number of nitrogens with zero attached hydrogens (tertiary/aromatic N) is 2. The Hall–Kier alpha value is -0.690. The van der Waals surface area contributed by atoms with E-state index < -0.39 is 0 Å². The SMILES string of the molecule is CNC(=O)CCCn1ncc(Br)c(Br)c1=O. The molecule has 0 aromatic carbocycles. The maximum atomic E-state index is 11.7. The summed E-state index contributed by atoms with van der Waals surface area (Å²) in [6.45, 7) is 0.429. The van der Waals surface area contributed by atoms with Gasteiger partial charge in [0, 0.05) is 20.0 Å². The number of amides is 1. The van der Waals surface area contributed by atoms with Gasteiger partial charge in [-0.15, -0.1) is 0 Å². The summed E-state index contributed by atoms with van der Waals surface area (Å²) in [5, 5.41) is 6.48. The van der Waals surface area contributed by atoms with Crippen LogP contribution in [0.3, 0.4) is 0 Å². The van der Waals surface area contributed by atoms with Gasteiger partial charge >= 0.3 is 0 Å². The van der Waals surface area contributed by atoms with E-state index in [2.05, 4.69) is 42.3 Å². The lowest BCUT2D eigenvalue weighted by atomic mass is 10.3. The molecule has 0 aliphatic rings. The van der Waals surface area contributed by atoms with Crippen LogP contribution in [0.25, 0.3) is 0 Å². The predicted octanol–water partition coefficient (Wildman–Crippen LogP) is 1.29. The van der Waals surface area contributed by atoms with Gasteiger partial charge < -0.3 is 5.32 Å². The predicted molar refractivity (Wildman–Crippen MR) is 67.2 cm³/mol. The van der Waals surface area contributed by atoms with Gasteiger partial charge in [0.1, 0.15) is 4.47 Å². The van der Waals surface area contributed by atoms with Crippen molar-refractivity contribution >= 4 is 37.8 Å². The molecular weight excluding hydrogens is 342 g/mol. The van der Waals surface area contributed by atoms with Crippen LogP contribution in [0.4, 0.5) is 0 Å².